The van der Waals surface area contributed by atoms with Crippen molar-refractivity contribution in [1.82, 2.24) is 4.90 Å². The quantitative estimate of drug-likeness (QED) is 0.791. The minimum atomic E-state index is -0.983. The summed E-state index contributed by atoms with van der Waals surface area (Å²) in [4.78, 5) is 35.1. The molecule has 0 spiro atoms. The second kappa shape index (κ2) is 5.42. The molecule has 0 aliphatic carbocycles. The third-order valence-corrected chi connectivity index (χ3v) is 3.40. The summed E-state index contributed by atoms with van der Waals surface area (Å²) < 4.78 is 0. The molecule has 0 saturated heterocycles. The number of carbonyl (C=O) groups is 3. The van der Waals surface area contributed by atoms with Gasteiger partial charge in [-0.1, -0.05) is 12.1 Å². The van der Waals surface area contributed by atoms with E-state index in [1.807, 2.05) is 0 Å². The van der Waals surface area contributed by atoms with Gasteiger partial charge in [-0.3, -0.25) is 19.3 Å². The molecule has 1 aromatic rings. The van der Waals surface area contributed by atoms with Crippen LogP contribution in [0.3, 0.4) is 0 Å². The number of nitrogens with zero attached hydrogens (tertiary/aromatic N) is 1. The Morgan fingerprint density at radius 3 is 2.75 bits per heavy atom. The standard InChI is InChI=1S/C14H15NO5/c1-15-12(17)7-8-2-3-9(6-10(8)14(15)20)11(16)4-5-13(18)19/h2-3,6,11,16H,4-5,7H2,1H3,(H,18,19). The second-order valence-corrected chi connectivity index (χ2v) is 4.80. The van der Waals surface area contributed by atoms with Gasteiger partial charge in [0.05, 0.1) is 12.5 Å². The number of aliphatic carboxylic acids is 1. The molecule has 1 aliphatic rings. The van der Waals surface area contributed by atoms with Gasteiger partial charge in [0.2, 0.25) is 5.91 Å². The molecular weight excluding hydrogens is 262 g/mol. The fourth-order valence-electron chi connectivity index (χ4n) is 2.16. The van der Waals surface area contributed by atoms with Crippen molar-refractivity contribution in [3.63, 3.8) is 0 Å². The number of aliphatic hydroxyl groups excluding tert-OH is 1. The zero-order valence-electron chi connectivity index (χ0n) is 11.0. The minimum absolute atomic E-state index is 0.0804. The van der Waals surface area contributed by atoms with E-state index in [0.717, 1.165) is 4.90 Å². The van der Waals surface area contributed by atoms with Crippen LogP contribution in [0.4, 0.5) is 0 Å². The van der Waals surface area contributed by atoms with E-state index in [0.29, 0.717) is 16.7 Å². The highest BCUT2D eigenvalue weighted by atomic mass is 16.4. The predicted octanol–water partition coefficient (Wildman–Crippen LogP) is 0.740. The summed E-state index contributed by atoms with van der Waals surface area (Å²) in [7, 11) is 1.42. The lowest BCUT2D eigenvalue weighted by Gasteiger charge is -2.24. The second-order valence-electron chi connectivity index (χ2n) is 4.80. The number of carbonyl (C=O) groups excluding carboxylic acids is 2. The van der Waals surface area contributed by atoms with Gasteiger partial charge in [0, 0.05) is 19.0 Å². The van der Waals surface area contributed by atoms with Crippen LogP contribution in [0.25, 0.3) is 0 Å². The third kappa shape index (κ3) is 2.70. The Morgan fingerprint density at radius 2 is 2.10 bits per heavy atom. The van der Waals surface area contributed by atoms with Crippen LogP contribution in [-0.4, -0.2) is 39.9 Å². The van der Waals surface area contributed by atoms with Crippen LogP contribution in [-0.2, 0) is 16.0 Å². The molecule has 6 nitrogen and oxygen atoms in total. The molecule has 2 rings (SSSR count). The van der Waals surface area contributed by atoms with Crippen molar-refractivity contribution in [3.8, 4) is 0 Å². The molecule has 0 radical (unpaired) electrons. The number of imide groups is 1. The summed E-state index contributed by atoms with van der Waals surface area (Å²) in [5, 5.41) is 18.5. The number of hydrogen-bond donors (Lipinski definition) is 2. The average Bonchev–Trinajstić information content (AvgIpc) is 2.42. The first-order chi connectivity index (χ1) is 9.40. The van der Waals surface area contributed by atoms with E-state index in [1.165, 1.54) is 13.1 Å². The molecule has 0 bridgehead atoms. The lowest BCUT2D eigenvalue weighted by molar-refractivity contribution is -0.137. The van der Waals surface area contributed by atoms with Crippen LogP contribution >= 0.6 is 0 Å². The van der Waals surface area contributed by atoms with E-state index in [4.69, 9.17) is 5.11 Å². The highest BCUT2D eigenvalue weighted by molar-refractivity contribution is 6.09. The maximum absolute atomic E-state index is 12.0. The number of hydrogen-bond acceptors (Lipinski definition) is 4. The van der Waals surface area contributed by atoms with Crippen LogP contribution in [0.1, 0.15) is 40.4 Å². The van der Waals surface area contributed by atoms with E-state index in [1.54, 1.807) is 12.1 Å². The summed E-state index contributed by atoms with van der Waals surface area (Å²) in [6.45, 7) is 0. The molecule has 106 valence electrons. The molecule has 2 N–H and O–H groups in total. The SMILES string of the molecule is CN1C(=O)Cc2ccc(C(O)CCC(=O)O)cc2C1=O. The molecule has 6 heteroatoms. The number of fused-ring (bicyclic) bond motifs is 1. The van der Waals surface area contributed by atoms with E-state index in [9.17, 15) is 19.5 Å². The fraction of sp³-hybridized carbons (Fsp3) is 0.357. The molecule has 20 heavy (non-hydrogen) atoms. The molecule has 1 heterocycles. The van der Waals surface area contributed by atoms with E-state index in [-0.39, 0.29) is 25.2 Å². The number of rotatable bonds is 4. The Kier molecular flexibility index (Phi) is 3.85. The summed E-state index contributed by atoms with van der Waals surface area (Å²) in [6.07, 6.45) is -0.850. The smallest absolute Gasteiger partial charge is 0.303 e. The molecule has 1 aliphatic heterocycles. The third-order valence-electron chi connectivity index (χ3n) is 3.40. The topological polar surface area (TPSA) is 94.9 Å². The highest BCUT2D eigenvalue weighted by Crippen LogP contribution is 2.25. The summed E-state index contributed by atoms with van der Waals surface area (Å²) in [5.41, 5.74) is 1.51. The number of carboxylic acid groups (broad SMARTS) is 1. The Balaban J connectivity index is 2.25. The Morgan fingerprint density at radius 1 is 1.40 bits per heavy atom. The van der Waals surface area contributed by atoms with Crippen LogP contribution in [0, 0.1) is 0 Å². The zero-order valence-corrected chi connectivity index (χ0v) is 11.0. The highest BCUT2D eigenvalue weighted by Gasteiger charge is 2.28. The maximum Gasteiger partial charge on any atom is 0.303 e. The first-order valence-corrected chi connectivity index (χ1v) is 6.23. The van der Waals surface area contributed by atoms with Gasteiger partial charge in [-0.25, -0.2) is 0 Å². The van der Waals surface area contributed by atoms with Gasteiger partial charge in [0.15, 0.2) is 0 Å². The fourth-order valence-corrected chi connectivity index (χ4v) is 2.16. The zero-order chi connectivity index (χ0) is 14.9. The number of aliphatic hydroxyl groups is 1. The van der Waals surface area contributed by atoms with E-state index >= 15 is 0 Å². The van der Waals surface area contributed by atoms with Crippen molar-refractivity contribution in [2.45, 2.75) is 25.4 Å². The van der Waals surface area contributed by atoms with Gasteiger partial charge < -0.3 is 10.2 Å². The molecule has 0 aromatic heterocycles. The minimum Gasteiger partial charge on any atom is -0.481 e. The van der Waals surface area contributed by atoms with Gasteiger partial charge in [-0.2, -0.15) is 0 Å². The normalized spacial score (nSPS) is 16.0. The molecule has 1 aromatic carbocycles. The van der Waals surface area contributed by atoms with Crippen molar-refractivity contribution in [2.24, 2.45) is 0 Å². The van der Waals surface area contributed by atoms with Crippen molar-refractivity contribution < 1.29 is 24.6 Å². The van der Waals surface area contributed by atoms with Crippen molar-refractivity contribution in [3.05, 3.63) is 34.9 Å². The molecule has 1 atom stereocenters. The van der Waals surface area contributed by atoms with Crippen molar-refractivity contribution in [2.75, 3.05) is 7.05 Å². The van der Waals surface area contributed by atoms with Crippen LogP contribution in [0.15, 0.2) is 18.2 Å². The van der Waals surface area contributed by atoms with Crippen LogP contribution in [0.2, 0.25) is 0 Å². The van der Waals surface area contributed by atoms with Crippen LogP contribution in [0.5, 0.6) is 0 Å². The summed E-state index contributed by atoms with van der Waals surface area (Å²) in [5.74, 6) is -1.64. The summed E-state index contributed by atoms with van der Waals surface area (Å²) >= 11 is 0. The van der Waals surface area contributed by atoms with Gasteiger partial charge in [0.25, 0.3) is 5.91 Å². The van der Waals surface area contributed by atoms with Gasteiger partial charge >= 0.3 is 5.97 Å². The lowest BCUT2D eigenvalue weighted by Crippen LogP contribution is -2.39. The first-order valence-electron chi connectivity index (χ1n) is 6.23. The first kappa shape index (κ1) is 14.2. The Labute approximate surface area is 115 Å². The monoisotopic (exact) mass is 277 g/mol. The summed E-state index contributed by atoms with van der Waals surface area (Å²) in [6, 6.07) is 4.79. The molecule has 0 saturated carbocycles. The van der Waals surface area contributed by atoms with Gasteiger partial charge in [-0.15, -0.1) is 0 Å². The number of benzene rings is 1. The van der Waals surface area contributed by atoms with E-state index < -0.39 is 18.0 Å². The number of likely N-dealkylation sites (N-methyl/N-ethyl adjacent to an activating group) is 1. The molecule has 1 unspecified atom stereocenters. The van der Waals surface area contributed by atoms with Crippen LogP contribution < -0.4 is 0 Å². The largest absolute Gasteiger partial charge is 0.481 e. The Bertz CT molecular complexity index is 581. The average molecular weight is 277 g/mol. The molecule has 2 amide bonds. The lowest BCUT2D eigenvalue weighted by atomic mass is 9.94. The van der Waals surface area contributed by atoms with Crippen molar-refractivity contribution in [1.29, 1.82) is 0 Å². The number of carboxylic acids is 1. The molecule has 0 fully saturated rings. The molecular formula is C14H15NO5. The van der Waals surface area contributed by atoms with Gasteiger partial charge in [0.1, 0.15) is 0 Å². The maximum atomic E-state index is 12.0. The Hall–Kier alpha value is -2.21. The number of amides is 2. The van der Waals surface area contributed by atoms with E-state index in [2.05, 4.69) is 0 Å². The predicted molar refractivity (Wildman–Crippen MR) is 69.1 cm³/mol. The van der Waals surface area contributed by atoms with Crippen molar-refractivity contribution >= 4 is 17.8 Å². The van der Waals surface area contributed by atoms with Gasteiger partial charge in [-0.05, 0) is 23.6 Å².